The normalized spacial score (nSPS) is 28.9. The van der Waals surface area contributed by atoms with Crippen molar-refractivity contribution in [2.45, 2.75) is 94.7 Å². The molecular weight excluding hydrogens is 456 g/mol. The van der Waals surface area contributed by atoms with Gasteiger partial charge < -0.3 is 14.6 Å². The fourth-order valence-electron chi connectivity index (χ4n) is 6.09. The van der Waals surface area contributed by atoms with Crippen molar-refractivity contribution in [1.29, 1.82) is 0 Å². The van der Waals surface area contributed by atoms with Gasteiger partial charge in [-0.25, -0.2) is 0 Å². The number of carbonyl (C=O) groups excluding carboxylic acids is 1. The van der Waals surface area contributed by atoms with Crippen LogP contribution in [-0.4, -0.2) is 73.0 Å². The Bertz CT molecular complexity index is 940. The van der Waals surface area contributed by atoms with Crippen LogP contribution in [-0.2, 0) is 14.9 Å². The SMILES string of the molecule is COCCCCC1CCN(S(=O)(=O)N2[C@@H]3CC[C@H]2CC(NC(=O)c2cc(C4CC4)on2)C3)CC1. The summed E-state index contributed by atoms with van der Waals surface area (Å²) in [5.41, 5.74) is 0.328. The van der Waals surface area contributed by atoms with Crippen molar-refractivity contribution < 1.29 is 22.5 Å². The molecule has 1 amide bonds. The predicted octanol–water partition coefficient (Wildman–Crippen LogP) is 3.05. The van der Waals surface area contributed by atoms with E-state index in [1.165, 1.54) is 0 Å². The maximum atomic E-state index is 13.6. The first-order valence-corrected chi connectivity index (χ1v) is 14.4. The van der Waals surface area contributed by atoms with Crippen LogP contribution >= 0.6 is 0 Å². The Balaban J connectivity index is 1.13. The first-order chi connectivity index (χ1) is 16.5. The number of fused-ring (bicyclic) bond motifs is 2. The number of carbonyl (C=O) groups is 1. The molecule has 9 nitrogen and oxygen atoms in total. The zero-order valence-electron chi connectivity index (χ0n) is 20.2. The molecule has 4 fully saturated rings. The first-order valence-electron chi connectivity index (χ1n) is 13.0. The average molecular weight is 495 g/mol. The second-order valence-corrected chi connectivity index (χ2v) is 12.4. The lowest BCUT2D eigenvalue weighted by atomic mass is 9.92. The highest BCUT2D eigenvalue weighted by atomic mass is 32.2. The standard InChI is InChI=1S/C24H38N4O5S/c1-32-13-3-2-4-17-9-11-27(12-10-17)34(30,31)28-20-7-8-21(28)15-19(14-20)25-24(29)22-16-23(33-26-22)18-5-6-18/h16-21H,2-15H2,1H3,(H,25,29)/t19?,20-,21+. The zero-order chi connectivity index (χ0) is 23.7. The molecule has 3 saturated heterocycles. The maximum Gasteiger partial charge on any atom is 0.282 e. The van der Waals surface area contributed by atoms with E-state index in [1.54, 1.807) is 21.8 Å². The molecule has 3 atom stereocenters. The van der Waals surface area contributed by atoms with Crippen LogP contribution in [0.25, 0.3) is 0 Å². The van der Waals surface area contributed by atoms with Crippen LogP contribution in [0.3, 0.4) is 0 Å². The van der Waals surface area contributed by atoms with Gasteiger partial charge in [-0.15, -0.1) is 0 Å². The minimum Gasteiger partial charge on any atom is -0.385 e. The van der Waals surface area contributed by atoms with Crippen LogP contribution in [0.5, 0.6) is 0 Å². The molecule has 0 spiro atoms. The van der Waals surface area contributed by atoms with E-state index in [4.69, 9.17) is 9.26 Å². The van der Waals surface area contributed by atoms with E-state index in [2.05, 4.69) is 10.5 Å². The second-order valence-electron chi connectivity index (χ2n) is 10.6. The van der Waals surface area contributed by atoms with Crippen LogP contribution < -0.4 is 5.32 Å². The summed E-state index contributed by atoms with van der Waals surface area (Å²) in [6.45, 7) is 2.03. The number of unbranched alkanes of at least 4 members (excludes halogenated alkanes) is 1. The molecule has 1 aliphatic carbocycles. The van der Waals surface area contributed by atoms with E-state index in [0.717, 1.165) is 70.2 Å². The Hall–Kier alpha value is -1.49. The lowest BCUT2D eigenvalue weighted by Crippen LogP contribution is -2.56. The summed E-state index contributed by atoms with van der Waals surface area (Å²) in [6, 6.07) is 1.64. The average Bonchev–Trinajstić information content (AvgIpc) is 3.48. The number of piperidine rings is 2. The Kier molecular flexibility index (Phi) is 7.30. The molecule has 5 rings (SSSR count). The summed E-state index contributed by atoms with van der Waals surface area (Å²) in [7, 11) is -1.74. The molecule has 1 unspecified atom stereocenters. The summed E-state index contributed by atoms with van der Waals surface area (Å²) in [5.74, 6) is 1.60. The van der Waals surface area contributed by atoms with E-state index >= 15 is 0 Å². The summed E-state index contributed by atoms with van der Waals surface area (Å²) in [5, 5.41) is 7.03. The summed E-state index contributed by atoms with van der Waals surface area (Å²) in [6.07, 6.45) is 10.5. The van der Waals surface area contributed by atoms with Gasteiger partial charge >= 0.3 is 0 Å². The van der Waals surface area contributed by atoms with E-state index in [-0.39, 0.29) is 24.0 Å². The van der Waals surface area contributed by atoms with E-state index in [1.807, 2.05) is 0 Å². The molecule has 190 valence electrons. The van der Waals surface area contributed by atoms with Crippen LogP contribution in [0.1, 0.15) is 92.8 Å². The van der Waals surface area contributed by atoms with Crippen LogP contribution in [0, 0.1) is 5.92 Å². The minimum atomic E-state index is -3.47. The summed E-state index contributed by atoms with van der Waals surface area (Å²) < 4.78 is 41.0. The van der Waals surface area contributed by atoms with Gasteiger partial charge in [0.15, 0.2) is 5.69 Å². The van der Waals surface area contributed by atoms with Gasteiger partial charge in [0.2, 0.25) is 0 Å². The van der Waals surface area contributed by atoms with Gasteiger partial charge in [-0.1, -0.05) is 18.0 Å². The van der Waals surface area contributed by atoms with Crippen molar-refractivity contribution in [3.05, 3.63) is 17.5 Å². The largest absolute Gasteiger partial charge is 0.385 e. The lowest BCUT2D eigenvalue weighted by Gasteiger charge is -2.42. The van der Waals surface area contributed by atoms with Gasteiger partial charge in [0.25, 0.3) is 16.1 Å². The third kappa shape index (κ3) is 5.20. The van der Waals surface area contributed by atoms with Crippen LogP contribution in [0.2, 0.25) is 0 Å². The Morgan fingerprint density at radius 2 is 1.82 bits per heavy atom. The minimum absolute atomic E-state index is 0.0321. The number of rotatable bonds is 10. The smallest absolute Gasteiger partial charge is 0.282 e. The third-order valence-corrected chi connectivity index (χ3v) is 10.3. The maximum absolute atomic E-state index is 13.6. The molecule has 0 radical (unpaired) electrons. The molecule has 1 aromatic heterocycles. The van der Waals surface area contributed by atoms with Crippen LogP contribution in [0.15, 0.2) is 10.6 Å². The molecule has 2 bridgehead atoms. The Labute approximate surface area is 202 Å². The Morgan fingerprint density at radius 3 is 2.47 bits per heavy atom. The van der Waals surface area contributed by atoms with E-state index in [9.17, 15) is 13.2 Å². The Morgan fingerprint density at radius 1 is 1.12 bits per heavy atom. The lowest BCUT2D eigenvalue weighted by molar-refractivity contribution is 0.0897. The van der Waals surface area contributed by atoms with Crippen molar-refractivity contribution in [1.82, 2.24) is 19.1 Å². The van der Waals surface area contributed by atoms with Gasteiger partial charge in [-0.3, -0.25) is 4.79 Å². The molecule has 10 heteroatoms. The highest BCUT2D eigenvalue weighted by molar-refractivity contribution is 7.86. The fraction of sp³-hybridized carbons (Fsp3) is 0.833. The number of hydrogen-bond acceptors (Lipinski definition) is 6. The van der Waals surface area contributed by atoms with Gasteiger partial charge in [-0.05, 0) is 63.7 Å². The number of amides is 1. The van der Waals surface area contributed by atoms with Crippen molar-refractivity contribution >= 4 is 16.1 Å². The zero-order valence-corrected chi connectivity index (χ0v) is 21.0. The molecular formula is C24H38N4O5S. The highest BCUT2D eigenvalue weighted by Crippen LogP contribution is 2.41. The number of nitrogens with one attached hydrogen (secondary N) is 1. The van der Waals surface area contributed by atoms with Gasteiger partial charge in [-0.2, -0.15) is 17.0 Å². The number of nitrogens with zero attached hydrogens (tertiary/aromatic N) is 3. The van der Waals surface area contributed by atoms with Gasteiger partial charge in [0, 0.05) is 56.9 Å². The molecule has 1 aromatic rings. The van der Waals surface area contributed by atoms with Gasteiger partial charge in [0.05, 0.1) is 0 Å². The molecule has 1 saturated carbocycles. The predicted molar refractivity (Wildman–Crippen MR) is 127 cm³/mol. The molecule has 0 aromatic carbocycles. The molecule has 34 heavy (non-hydrogen) atoms. The summed E-state index contributed by atoms with van der Waals surface area (Å²) >= 11 is 0. The third-order valence-electron chi connectivity index (χ3n) is 8.12. The number of aromatic nitrogens is 1. The number of methoxy groups -OCH3 is 1. The van der Waals surface area contributed by atoms with Gasteiger partial charge in [0.1, 0.15) is 5.76 Å². The molecule has 3 aliphatic heterocycles. The quantitative estimate of drug-likeness (QED) is 0.501. The number of hydrogen-bond donors (Lipinski definition) is 1. The van der Waals surface area contributed by atoms with E-state index in [0.29, 0.717) is 43.5 Å². The molecule has 1 N–H and O–H groups in total. The molecule has 4 heterocycles. The molecule has 4 aliphatic rings. The van der Waals surface area contributed by atoms with Crippen LogP contribution in [0.4, 0.5) is 0 Å². The number of ether oxygens (including phenoxy) is 1. The van der Waals surface area contributed by atoms with Crippen molar-refractivity contribution in [3.63, 3.8) is 0 Å². The van der Waals surface area contributed by atoms with Crippen molar-refractivity contribution in [2.24, 2.45) is 5.92 Å². The topological polar surface area (TPSA) is 105 Å². The first kappa shape index (κ1) is 24.2. The highest BCUT2D eigenvalue weighted by Gasteiger charge is 2.49. The van der Waals surface area contributed by atoms with E-state index < -0.39 is 10.2 Å². The summed E-state index contributed by atoms with van der Waals surface area (Å²) in [4.78, 5) is 12.7. The second kappa shape index (κ2) is 10.2. The fourth-order valence-corrected chi connectivity index (χ4v) is 8.16. The van der Waals surface area contributed by atoms with Crippen molar-refractivity contribution in [2.75, 3.05) is 26.8 Å². The van der Waals surface area contributed by atoms with Crippen molar-refractivity contribution in [3.8, 4) is 0 Å². The monoisotopic (exact) mass is 494 g/mol.